The van der Waals surface area contributed by atoms with Gasteiger partial charge in [0.1, 0.15) is 5.82 Å². The molecule has 5 nitrogen and oxygen atoms in total. The van der Waals surface area contributed by atoms with Gasteiger partial charge < -0.3 is 16.0 Å². The van der Waals surface area contributed by atoms with Crippen molar-refractivity contribution < 1.29 is 4.79 Å². The van der Waals surface area contributed by atoms with Gasteiger partial charge in [-0.3, -0.25) is 4.79 Å². The maximum absolute atomic E-state index is 12.3. The summed E-state index contributed by atoms with van der Waals surface area (Å²) in [4.78, 5) is 20.1. The SMILES string of the molecule is CC(NC(=O)C1CCCC(N)C1)c1nc2ccccc2[nH]1.Cl.Cl. The topological polar surface area (TPSA) is 83.8 Å². The Labute approximate surface area is 148 Å². The number of carbonyl (C=O) groups excluding carboxylic acids is 1. The molecule has 1 fully saturated rings. The highest BCUT2D eigenvalue weighted by Gasteiger charge is 2.26. The molecule has 1 saturated carbocycles. The number of halogens is 2. The van der Waals surface area contributed by atoms with Crippen LogP contribution >= 0.6 is 24.8 Å². The minimum absolute atomic E-state index is 0. The summed E-state index contributed by atoms with van der Waals surface area (Å²) in [5, 5.41) is 3.06. The van der Waals surface area contributed by atoms with Crippen LogP contribution in [0.1, 0.15) is 44.5 Å². The highest BCUT2D eigenvalue weighted by Crippen LogP contribution is 2.24. The molecule has 3 unspecified atom stereocenters. The van der Waals surface area contributed by atoms with E-state index in [1.807, 2.05) is 31.2 Å². The van der Waals surface area contributed by atoms with E-state index < -0.39 is 0 Å². The smallest absolute Gasteiger partial charge is 0.223 e. The fourth-order valence-corrected chi connectivity index (χ4v) is 3.04. The molecule has 4 N–H and O–H groups in total. The number of benzene rings is 1. The molecule has 0 radical (unpaired) electrons. The number of aromatic amines is 1. The molecule has 3 rings (SSSR count). The van der Waals surface area contributed by atoms with Crippen LogP contribution < -0.4 is 11.1 Å². The lowest BCUT2D eigenvalue weighted by Crippen LogP contribution is -2.38. The van der Waals surface area contributed by atoms with Crippen LogP contribution in [0.3, 0.4) is 0 Å². The second kappa shape index (κ2) is 8.52. The summed E-state index contributed by atoms with van der Waals surface area (Å²) in [5.74, 6) is 0.934. The predicted octanol–water partition coefficient (Wildman–Crippen LogP) is 3.10. The largest absolute Gasteiger partial charge is 0.346 e. The Bertz CT molecular complexity index is 613. The number of amides is 1. The number of H-pyrrole nitrogens is 1. The Kier molecular flexibility index (Phi) is 7.32. The molecule has 1 aromatic heterocycles. The van der Waals surface area contributed by atoms with Crippen LogP contribution in [0, 0.1) is 5.92 Å². The number of aromatic nitrogens is 2. The molecule has 1 aromatic carbocycles. The maximum Gasteiger partial charge on any atom is 0.223 e. The summed E-state index contributed by atoms with van der Waals surface area (Å²) < 4.78 is 0. The average molecular weight is 359 g/mol. The Balaban J connectivity index is 0.00000132. The van der Waals surface area contributed by atoms with Crippen LogP contribution in [-0.2, 0) is 4.79 Å². The molecule has 1 aliphatic rings. The number of imidazole rings is 1. The Morgan fingerprint density at radius 1 is 1.35 bits per heavy atom. The third-order valence-corrected chi connectivity index (χ3v) is 4.26. The van der Waals surface area contributed by atoms with E-state index in [0.29, 0.717) is 0 Å². The van der Waals surface area contributed by atoms with Gasteiger partial charge in [-0.25, -0.2) is 4.98 Å². The predicted molar refractivity (Wildman–Crippen MR) is 97.1 cm³/mol. The first-order valence-electron chi connectivity index (χ1n) is 7.64. The first-order chi connectivity index (χ1) is 10.1. The fraction of sp³-hybridized carbons (Fsp3) is 0.500. The summed E-state index contributed by atoms with van der Waals surface area (Å²) >= 11 is 0. The van der Waals surface area contributed by atoms with E-state index in [-0.39, 0.29) is 48.7 Å². The van der Waals surface area contributed by atoms with Gasteiger partial charge in [-0.05, 0) is 38.3 Å². The zero-order valence-corrected chi connectivity index (χ0v) is 14.8. The number of carbonyl (C=O) groups is 1. The van der Waals surface area contributed by atoms with Gasteiger partial charge in [0.05, 0.1) is 17.1 Å². The minimum Gasteiger partial charge on any atom is -0.346 e. The molecular formula is C16H24Cl2N4O. The van der Waals surface area contributed by atoms with Crippen molar-refractivity contribution >= 4 is 41.8 Å². The average Bonchev–Trinajstić information content (AvgIpc) is 2.91. The van der Waals surface area contributed by atoms with Gasteiger partial charge in [0.25, 0.3) is 0 Å². The number of nitrogens with one attached hydrogen (secondary N) is 2. The molecule has 0 aliphatic heterocycles. The third-order valence-electron chi connectivity index (χ3n) is 4.26. The van der Waals surface area contributed by atoms with Crippen molar-refractivity contribution in [1.82, 2.24) is 15.3 Å². The first kappa shape index (κ1) is 19.7. The van der Waals surface area contributed by atoms with Crippen LogP contribution in [-0.4, -0.2) is 21.9 Å². The van der Waals surface area contributed by atoms with E-state index in [2.05, 4.69) is 15.3 Å². The minimum atomic E-state index is -0.122. The first-order valence-corrected chi connectivity index (χ1v) is 7.64. The van der Waals surface area contributed by atoms with E-state index in [1.165, 1.54) is 0 Å². The van der Waals surface area contributed by atoms with Crippen LogP contribution in [0.5, 0.6) is 0 Å². The van der Waals surface area contributed by atoms with E-state index in [1.54, 1.807) is 0 Å². The number of rotatable bonds is 3. The number of hydrogen-bond acceptors (Lipinski definition) is 3. The second-order valence-corrected chi connectivity index (χ2v) is 5.99. The molecule has 3 atom stereocenters. The standard InChI is InChI=1S/C16H22N4O.2ClH/c1-10(15-19-13-7-2-3-8-14(13)20-15)18-16(21)11-5-4-6-12(17)9-11;;/h2-3,7-8,10-12H,4-6,9,17H2,1H3,(H,18,21)(H,19,20);2*1H. The molecule has 1 amide bonds. The van der Waals surface area contributed by atoms with E-state index in [9.17, 15) is 4.79 Å². The van der Waals surface area contributed by atoms with Gasteiger partial charge in [0.15, 0.2) is 0 Å². The quantitative estimate of drug-likeness (QED) is 0.787. The molecule has 23 heavy (non-hydrogen) atoms. The molecule has 1 heterocycles. The number of fused-ring (bicyclic) bond motifs is 1. The van der Waals surface area contributed by atoms with Gasteiger partial charge in [-0.1, -0.05) is 18.6 Å². The summed E-state index contributed by atoms with van der Waals surface area (Å²) in [5.41, 5.74) is 7.88. The maximum atomic E-state index is 12.3. The van der Waals surface area contributed by atoms with Crippen molar-refractivity contribution in [2.24, 2.45) is 11.7 Å². The number of nitrogens with two attached hydrogens (primary N) is 1. The van der Waals surface area contributed by atoms with E-state index in [0.717, 1.165) is 42.5 Å². The number of nitrogens with zero attached hydrogens (tertiary/aromatic N) is 1. The molecule has 128 valence electrons. The van der Waals surface area contributed by atoms with Crippen LogP contribution in [0.4, 0.5) is 0 Å². The summed E-state index contributed by atoms with van der Waals surface area (Å²) in [6, 6.07) is 7.92. The molecule has 2 aromatic rings. The van der Waals surface area contributed by atoms with Crippen LogP contribution in [0.2, 0.25) is 0 Å². The van der Waals surface area contributed by atoms with Crippen LogP contribution in [0.15, 0.2) is 24.3 Å². The highest BCUT2D eigenvalue weighted by atomic mass is 35.5. The molecule has 1 aliphatic carbocycles. The lowest BCUT2D eigenvalue weighted by atomic mass is 9.85. The molecule has 0 bridgehead atoms. The Morgan fingerprint density at radius 2 is 2.09 bits per heavy atom. The van der Waals surface area contributed by atoms with Crippen molar-refractivity contribution in [1.29, 1.82) is 0 Å². The second-order valence-electron chi connectivity index (χ2n) is 5.99. The molecule has 0 saturated heterocycles. The lowest BCUT2D eigenvalue weighted by molar-refractivity contribution is -0.126. The Hall–Kier alpha value is -1.30. The van der Waals surface area contributed by atoms with E-state index in [4.69, 9.17) is 5.73 Å². The normalized spacial score (nSPS) is 21.8. The molecular weight excluding hydrogens is 335 g/mol. The lowest BCUT2D eigenvalue weighted by Gasteiger charge is -2.26. The molecule has 0 spiro atoms. The third kappa shape index (κ3) is 4.59. The van der Waals surface area contributed by atoms with Crippen molar-refractivity contribution in [3.8, 4) is 0 Å². The van der Waals surface area contributed by atoms with Crippen molar-refractivity contribution in [3.05, 3.63) is 30.1 Å². The van der Waals surface area contributed by atoms with Gasteiger partial charge >= 0.3 is 0 Å². The van der Waals surface area contributed by atoms with Crippen molar-refractivity contribution in [3.63, 3.8) is 0 Å². The summed E-state index contributed by atoms with van der Waals surface area (Å²) in [6.45, 7) is 1.96. The molecule has 7 heteroatoms. The fourth-order valence-electron chi connectivity index (χ4n) is 3.04. The monoisotopic (exact) mass is 358 g/mol. The van der Waals surface area contributed by atoms with Gasteiger partial charge in [-0.15, -0.1) is 24.8 Å². The van der Waals surface area contributed by atoms with E-state index >= 15 is 0 Å². The van der Waals surface area contributed by atoms with Gasteiger partial charge in [0.2, 0.25) is 5.91 Å². The highest BCUT2D eigenvalue weighted by molar-refractivity contribution is 5.85. The summed E-state index contributed by atoms with van der Waals surface area (Å²) in [7, 11) is 0. The Morgan fingerprint density at radius 3 is 2.78 bits per heavy atom. The number of hydrogen-bond donors (Lipinski definition) is 3. The van der Waals surface area contributed by atoms with Crippen LogP contribution in [0.25, 0.3) is 11.0 Å². The summed E-state index contributed by atoms with van der Waals surface area (Å²) in [6.07, 6.45) is 3.80. The number of para-hydroxylation sites is 2. The van der Waals surface area contributed by atoms with Crippen molar-refractivity contribution in [2.75, 3.05) is 0 Å². The zero-order chi connectivity index (χ0) is 14.8. The van der Waals surface area contributed by atoms with Gasteiger partial charge in [-0.2, -0.15) is 0 Å². The van der Waals surface area contributed by atoms with Crippen molar-refractivity contribution in [2.45, 2.75) is 44.7 Å². The van der Waals surface area contributed by atoms with Gasteiger partial charge in [0, 0.05) is 12.0 Å². The zero-order valence-electron chi connectivity index (χ0n) is 13.1.